The fourth-order valence-corrected chi connectivity index (χ4v) is 1.22. The number of benzene rings is 1. The Morgan fingerprint density at radius 3 is 2.40 bits per heavy atom. The predicted octanol–water partition coefficient (Wildman–Crippen LogP) is 0.166. The molecule has 1 aromatic rings. The van der Waals surface area contributed by atoms with Crippen LogP contribution in [0.3, 0.4) is 0 Å². The minimum Gasteiger partial charge on any atom is -0.377 e. The molecule has 15 heavy (non-hydrogen) atoms. The van der Waals surface area contributed by atoms with E-state index in [0.717, 1.165) is 5.69 Å². The zero-order chi connectivity index (χ0) is 11.4. The summed E-state index contributed by atoms with van der Waals surface area (Å²) in [6.45, 7) is 0. The first-order valence-electron chi connectivity index (χ1n) is 4.42. The summed E-state index contributed by atoms with van der Waals surface area (Å²) in [6.07, 6.45) is 0. The molecule has 0 heterocycles. The lowest BCUT2D eigenvalue weighted by Gasteiger charge is -2.15. The molecule has 1 rings (SSSR count). The number of hydrogen-bond donors (Lipinski definition) is 2. The first-order chi connectivity index (χ1) is 7.02. The Labute approximate surface area is 88.4 Å². The molecule has 0 spiro atoms. The van der Waals surface area contributed by atoms with Gasteiger partial charge in [0.1, 0.15) is 0 Å². The highest BCUT2D eigenvalue weighted by atomic mass is 16.1. The molecular formula is C10H14N4O. The van der Waals surface area contributed by atoms with Crippen LogP contribution in [-0.2, 0) is 0 Å². The molecule has 80 valence electrons. The molecule has 0 atom stereocenters. The molecule has 0 unspecified atom stereocenters. The fourth-order valence-electron chi connectivity index (χ4n) is 1.22. The Hall–Kier alpha value is -2.04. The van der Waals surface area contributed by atoms with Crippen LogP contribution < -0.4 is 16.4 Å². The molecule has 0 aromatic heterocycles. The summed E-state index contributed by atoms with van der Waals surface area (Å²) in [5, 5.41) is 0. The summed E-state index contributed by atoms with van der Waals surface area (Å²) in [6, 6.07) is 7.13. The lowest BCUT2D eigenvalue weighted by Crippen LogP contribution is -2.24. The number of carbonyl (C=O) groups excluding carboxylic acids is 1. The van der Waals surface area contributed by atoms with Gasteiger partial charge in [-0.3, -0.25) is 4.79 Å². The first-order valence-corrected chi connectivity index (χ1v) is 4.42. The van der Waals surface area contributed by atoms with E-state index in [2.05, 4.69) is 4.99 Å². The maximum Gasteiger partial charge on any atom is 0.282 e. The van der Waals surface area contributed by atoms with E-state index in [1.54, 1.807) is 12.1 Å². The van der Waals surface area contributed by atoms with Crippen molar-refractivity contribution in [2.24, 2.45) is 16.5 Å². The zero-order valence-electron chi connectivity index (χ0n) is 8.77. The normalized spacial score (nSPS) is 9.47. The third-order valence-electron chi connectivity index (χ3n) is 1.85. The highest BCUT2D eigenvalue weighted by Gasteiger charge is 2.11. The highest BCUT2D eigenvalue weighted by molar-refractivity contribution is 6.05. The van der Waals surface area contributed by atoms with E-state index in [4.69, 9.17) is 11.5 Å². The van der Waals surface area contributed by atoms with Crippen LogP contribution in [0.2, 0.25) is 0 Å². The Morgan fingerprint density at radius 1 is 1.27 bits per heavy atom. The maximum absolute atomic E-state index is 11.6. The first kappa shape index (κ1) is 11.0. The van der Waals surface area contributed by atoms with Crippen molar-refractivity contribution in [3.63, 3.8) is 0 Å². The summed E-state index contributed by atoms with van der Waals surface area (Å²) >= 11 is 0. The van der Waals surface area contributed by atoms with Crippen molar-refractivity contribution in [2.45, 2.75) is 0 Å². The summed E-state index contributed by atoms with van der Waals surface area (Å²) < 4.78 is 0. The molecule has 0 bridgehead atoms. The van der Waals surface area contributed by atoms with Crippen LogP contribution in [0.25, 0.3) is 0 Å². The second-order valence-electron chi connectivity index (χ2n) is 3.25. The van der Waals surface area contributed by atoms with Gasteiger partial charge in [-0.05, 0) is 12.1 Å². The molecule has 1 amide bonds. The number of aliphatic imine (C=N–C) groups is 1. The van der Waals surface area contributed by atoms with Gasteiger partial charge < -0.3 is 16.4 Å². The van der Waals surface area contributed by atoms with Gasteiger partial charge in [-0.1, -0.05) is 12.1 Å². The Kier molecular flexibility index (Phi) is 3.28. The highest BCUT2D eigenvalue weighted by Crippen LogP contribution is 2.18. The van der Waals surface area contributed by atoms with Crippen LogP contribution in [0.1, 0.15) is 10.4 Å². The largest absolute Gasteiger partial charge is 0.377 e. The lowest BCUT2D eigenvalue weighted by atomic mass is 10.1. The number of guanidine groups is 1. The van der Waals surface area contributed by atoms with Crippen molar-refractivity contribution >= 4 is 17.6 Å². The minimum absolute atomic E-state index is 0.228. The molecular weight excluding hydrogens is 192 g/mol. The van der Waals surface area contributed by atoms with Gasteiger partial charge in [0.15, 0.2) is 5.96 Å². The van der Waals surface area contributed by atoms with E-state index in [0.29, 0.717) is 5.56 Å². The van der Waals surface area contributed by atoms with E-state index >= 15 is 0 Å². The Bertz CT molecular complexity index is 394. The number of rotatable bonds is 2. The van der Waals surface area contributed by atoms with Gasteiger partial charge in [-0.15, -0.1) is 0 Å². The third-order valence-corrected chi connectivity index (χ3v) is 1.85. The maximum atomic E-state index is 11.6. The fraction of sp³-hybridized carbons (Fsp3) is 0.200. The standard InChI is InChI=1S/C10H14N4O/c1-14(2)8-6-4-3-5-7(8)9(15)13-10(11)12/h3-6H,1-2H3,(H4,11,12,13,15). The molecule has 0 aliphatic heterocycles. The SMILES string of the molecule is CN(C)c1ccccc1C(=O)N=C(N)N. The van der Waals surface area contributed by atoms with Gasteiger partial charge in [0.2, 0.25) is 0 Å². The number of nitrogens with two attached hydrogens (primary N) is 2. The van der Waals surface area contributed by atoms with Gasteiger partial charge in [0, 0.05) is 19.8 Å². The summed E-state index contributed by atoms with van der Waals surface area (Å²) in [7, 11) is 3.70. The number of carbonyl (C=O) groups is 1. The number of amides is 1. The van der Waals surface area contributed by atoms with E-state index < -0.39 is 5.91 Å². The quantitative estimate of drug-likeness (QED) is 0.533. The van der Waals surface area contributed by atoms with Gasteiger partial charge in [-0.2, -0.15) is 4.99 Å². The summed E-state index contributed by atoms with van der Waals surface area (Å²) in [4.78, 5) is 16.9. The van der Waals surface area contributed by atoms with Gasteiger partial charge >= 0.3 is 0 Å². The topological polar surface area (TPSA) is 84.7 Å². The Morgan fingerprint density at radius 2 is 1.87 bits per heavy atom. The number of anilines is 1. The van der Waals surface area contributed by atoms with Crippen molar-refractivity contribution in [3.05, 3.63) is 29.8 Å². The number of para-hydroxylation sites is 1. The van der Waals surface area contributed by atoms with Gasteiger partial charge in [-0.25, -0.2) is 0 Å². The van der Waals surface area contributed by atoms with Crippen molar-refractivity contribution in [2.75, 3.05) is 19.0 Å². The molecule has 0 saturated heterocycles. The molecule has 0 aliphatic rings. The van der Waals surface area contributed by atoms with Crippen LogP contribution in [0.5, 0.6) is 0 Å². The van der Waals surface area contributed by atoms with Crippen molar-refractivity contribution in [3.8, 4) is 0 Å². The molecule has 0 fully saturated rings. The summed E-state index contributed by atoms with van der Waals surface area (Å²) in [5.74, 6) is -0.659. The van der Waals surface area contributed by atoms with E-state index in [-0.39, 0.29) is 5.96 Å². The van der Waals surface area contributed by atoms with Crippen LogP contribution in [0.4, 0.5) is 5.69 Å². The summed E-state index contributed by atoms with van der Waals surface area (Å²) in [5.41, 5.74) is 11.6. The second-order valence-corrected chi connectivity index (χ2v) is 3.25. The molecule has 5 heteroatoms. The molecule has 4 N–H and O–H groups in total. The van der Waals surface area contributed by atoms with Crippen LogP contribution in [-0.4, -0.2) is 26.0 Å². The van der Waals surface area contributed by atoms with Gasteiger partial charge in [0.05, 0.1) is 5.56 Å². The molecule has 1 aromatic carbocycles. The lowest BCUT2D eigenvalue weighted by molar-refractivity contribution is 0.100. The molecule has 0 aliphatic carbocycles. The Balaban J connectivity index is 3.14. The van der Waals surface area contributed by atoms with Crippen molar-refractivity contribution < 1.29 is 4.79 Å². The average Bonchev–Trinajstić information content (AvgIpc) is 2.16. The minimum atomic E-state index is -0.431. The van der Waals surface area contributed by atoms with Gasteiger partial charge in [0.25, 0.3) is 5.91 Å². The predicted molar refractivity (Wildman–Crippen MR) is 60.9 cm³/mol. The number of nitrogens with zero attached hydrogens (tertiary/aromatic N) is 2. The zero-order valence-corrected chi connectivity index (χ0v) is 8.77. The van der Waals surface area contributed by atoms with E-state index in [1.165, 1.54) is 0 Å². The van der Waals surface area contributed by atoms with Crippen LogP contribution in [0.15, 0.2) is 29.3 Å². The second kappa shape index (κ2) is 4.45. The molecule has 0 radical (unpaired) electrons. The third kappa shape index (κ3) is 2.70. The van der Waals surface area contributed by atoms with Crippen LogP contribution in [0, 0.1) is 0 Å². The number of hydrogen-bond acceptors (Lipinski definition) is 2. The van der Waals surface area contributed by atoms with E-state index in [9.17, 15) is 4.79 Å². The average molecular weight is 206 g/mol. The van der Waals surface area contributed by atoms with Crippen LogP contribution >= 0.6 is 0 Å². The van der Waals surface area contributed by atoms with Crippen molar-refractivity contribution in [1.29, 1.82) is 0 Å². The van der Waals surface area contributed by atoms with Crippen molar-refractivity contribution in [1.82, 2.24) is 0 Å². The van der Waals surface area contributed by atoms with E-state index in [1.807, 2.05) is 31.1 Å². The monoisotopic (exact) mass is 206 g/mol. The smallest absolute Gasteiger partial charge is 0.282 e. The molecule has 5 nitrogen and oxygen atoms in total. The molecule has 0 saturated carbocycles.